The highest BCUT2D eigenvalue weighted by atomic mass is 19.4. The van der Waals surface area contributed by atoms with E-state index in [4.69, 9.17) is 14.2 Å². The van der Waals surface area contributed by atoms with Crippen LogP contribution >= 0.6 is 0 Å². The van der Waals surface area contributed by atoms with Crippen LogP contribution in [0, 0.1) is 11.7 Å². The minimum atomic E-state index is -5.08. The van der Waals surface area contributed by atoms with E-state index in [0.29, 0.717) is 56.1 Å². The van der Waals surface area contributed by atoms with Gasteiger partial charge in [-0.2, -0.15) is 26.3 Å². The molecule has 15 nitrogen and oxygen atoms in total. The van der Waals surface area contributed by atoms with Crippen molar-refractivity contribution in [2.45, 2.75) is 113 Å². The zero-order valence-corrected chi connectivity index (χ0v) is 57.5. The molecule has 1 spiro atoms. The fourth-order valence-corrected chi connectivity index (χ4v) is 14.1. The Kier molecular flexibility index (Phi) is 25.6. The van der Waals surface area contributed by atoms with Crippen LogP contribution in [0.25, 0.3) is 11.1 Å². The first-order valence-corrected chi connectivity index (χ1v) is 34.1. The molecule has 6 aromatic carbocycles. The Morgan fingerprint density at radius 1 is 0.636 bits per heavy atom. The standard InChI is InChI=1S/C43H59N5O6.C34H33F7N2O2/c1-44(36-19-21-37(22-20-36)47(4)41(50)25-27-45(2)42(51)33-53-5)26-13-7-10-18-40(49)46(3)30-31-48-28-23-38(24-29-48)54-43(52)32-35-16-11-12-17-39(35)34-14-8-6-9-15-34;1-22-16-23-4-2-3-5-29(23)31(22)10-13-42(14-11-31)15-12-32(25-6-8-28(35)9-7-25)20-43(21-45-32)30(44)24-17-26(33(36,37)38)19-27(18-24)34(39,40)41/h6,8-9,11-12,14-17,19-22,38H,7,10,13,18,23-33H2,1-5H3;2-9,17-19,22H,10-16,20-21H2,1H3/t;22-,32-/m.0/s1. The van der Waals surface area contributed by atoms with Crippen LogP contribution in [0.1, 0.15) is 115 Å². The van der Waals surface area contributed by atoms with Crippen LogP contribution in [-0.4, -0.2) is 174 Å². The van der Waals surface area contributed by atoms with Gasteiger partial charge >= 0.3 is 18.3 Å². The number of unbranched alkanes of at least 4 members (excludes halogenated alkanes) is 2. The number of carbonyl (C=O) groups is 5. The third kappa shape index (κ3) is 19.6. The van der Waals surface area contributed by atoms with Crippen molar-refractivity contribution in [1.82, 2.24) is 24.5 Å². The number of likely N-dealkylation sites (N-methyl/N-ethyl adjacent to an activating group) is 2. The van der Waals surface area contributed by atoms with Gasteiger partial charge in [-0.15, -0.1) is 0 Å². The molecule has 6 aromatic rings. The molecule has 3 saturated heterocycles. The monoisotopic (exact) mass is 1380 g/mol. The van der Waals surface area contributed by atoms with Gasteiger partial charge in [0.15, 0.2) is 0 Å². The first-order valence-electron chi connectivity index (χ1n) is 34.1. The number of benzene rings is 6. The third-order valence-corrected chi connectivity index (χ3v) is 20.3. The van der Waals surface area contributed by atoms with Crippen LogP contribution in [0.5, 0.6) is 0 Å². The van der Waals surface area contributed by atoms with Crippen molar-refractivity contribution in [2.24, 2.45) is 5.92 Å². The summed E-state index contributed by atoms with van der Waals surface area (Å²) in [6, 6.07) is 41.1. The molecule has 3 fully saturated rings. The fraction of sp³-hybridized carbons (Fsp3) is 0.468. The van der Waals surface area contributed by atoms with Gasteiger partial charge in [0, 0.05) is 116 Å². The predicted molar refractivity (Wildman–Crippen MR) is 367 cm³/mol. The minimum absolute atomic E-state index is 0.00289. The second-order valence-corrected chi connectivity index (χ2v) is 26.8. The molecule has 2 atom stereocenters. The molecule has 0 bridgehead atoms. The van der Waals surface area contributed by atoms with Gasteiger partial charge in [-0.3, -0.25) is 24.0 Å². The molecular formula is C77H92F7N7O8. The van der Waals surface area contributed by atoms with Crippen molar-refractivity contribution in [2.75, 3.05) is 124 Å². The van der Waals surface area contributed by atoms with Crippen LogP contribution in [-0.2, 0) is 69.6 Å². The van der Waals surface area contributed by atoms with Gasteiger partial charge in [-0.1, -0.05) is 104 Å². The average molecular weight is 1380 g/mol. The molecule has 10 rings (SSSR count). The minimum Gasteiger partial charge on any atom is -0.462 e. The van der Waals surface area contributed by atoms with Crippen molar-refractivity contribution >= 4 is 41.0 Å². The van der Waals surface area contributed by atoms with E-state index in [0.717, 1.165) is 124 Å². The fourth-order valence-electron chi connectivity index (χ4n) is 14.1. The Morgan fingerprint density at radius 3 is 1.92 bits per heavy atom. The quantitative estimate of drug-likeness (QED) is 0.0308. The van der Waals surface area contributed by atoms with E-state index in [2.05, 4.69) is 65.1 Å². The molecule has 0 aromatic heterocycles. The molecular weight excluding hydrogens is 1280 g/mol. The number of nitrogens with zero attached hydrogens (tertiary/aromatic N) is 7. The van der Waals surface area contributed by atoms with E-state index >= 15 is 0 Å². The van der Waals surface area contributed by atoms with Gasteiger partial charge in [0.05, 0.1) is 24.1 Å². The summed E-state index contributed by atoms with van der Waals surface area (Å²) in [5.41, 5.74) is 3.54. The van der Waals surface area contributed by atoms with E-state index < -0.39 is 46.4 Å². The number of methoxy groups -OCH3 is 1. The summed E-state index contributed by atoms with van der Waals surface area (Å²) < 4.78 is 112. The van der Waals surface area contributed by atoms with Crippen molar-refractivity contribution in [3.05, 3.63) is 190 Å². The second kappa shape index (κ2) is 33.8. The molecule has 0 N–H and O–H groups in total. The summed E-state index contributed by atoms with van der Waals surface area (Å²) in [7, 11) is 8.82. The number of halogens is 7. The molecule has 3 heterocycles. The number of rotatable bonds is 25. The average Bonchev–Trinajstić information content (AvgIpc) is 1.63. The van der Waals surface area contributed by atoms with Gasteiger partial charge in [0.25, 0.3) is 5.91 Å². The lowest BCUT2D eigenvalue weighted by Crippen LogP contribution is -2.46. The molecule has 532 valence electrons. The normalized spacial score (nSPS) is 17.9. The van der Waals surface area contributed by atoms with Gasteiger partial charge in [-0.25, -0.2) is 4.39 Å². The molecule has 0 saturated carbocycles. The lowest BCUT2D eigenvalue weighted by Gasteiger charge is -2.44. The summed E-state index contributed by atoms with van der Waals surface area (Å²) in [6.45, 7) is 8.51. The summed E-state index contributed by atoms with van der Waals surface area (Å²) in [4.78, 5) is 76.6. The molecule has 0 unspecified atom stereocenters. The third-order valence-electron chi connectivity index (χ3n) is 20.3. The van der Waals surface area contributed by atoms with Crippen LogP contribution < -0.4 is 9.80 Å². The highest BCUT2D eigenvalue weighted by Gasteiger charge is 2.48. The Bertz CT molecular complexity index is 3640. The van der Waals surface area contributed by atoms with Crippen molar-refractivity contribution < 1.29 is 68.9 Å². The van der Waals surface area contributed by atoms with E-state index in [1.807, 2.05) is 78.7 Å². The summed E-state index contributed by atoms with van der Waals surface area (Å²) in [5.74, 6) is -1.19. The second-order valence-electron chi connectivity index (χ2n) is 26.8. The largest absolute Gasteiger partial charge is 0.462 e. The van der Waals surface area contributed by atoms with Crippen LogP contribution in [0.2, 0.25) is 0 Å². The van der Waals surface area contributed by atoms with Crippen molar-refractivity contribution in [3.63, 3.8) is 0 Å². The number of hydrogen-bond donors (Lipinski definition) is 0. The van der Waals surface area contributed by atoms with Gasteiger partial charge in [-0.05, 0) is 158 Å². The van der Waals surface area contributed by atoms with Gasteiger partial charge in [0.2, 0.25) is 17.7 Å². The molecule has 4 amide bonds. The highest BCUT2D eigenvalue weighted by Crippen LogP contribution is 2.50. The van der Waals surface area contributed by atoms with E-state index in [9.17, 15) is 54.7 Å². The lowest BCUT2D eigenvalue weighted by molar-refractivity contribution is -0.150. The first-order chi connectivity index (χ1) is 47.2. The Morgan fingerprint density at radius 2 is 1.25 bits per heavy atom. The van der Waals surface area contributed by atoms with E-state index in [-0.39, 0.29) is 74.0 Å². The molecule has 22 heteroatoms. The van der Waals surface area contributed by atoms with Gasteiger partial charge < -0.3 is 48.5 Å². The Hall–Kier alpha value is -8.18. The first kappa shape index (κ1) is 75.0. The number of piperidine rings is 2. The number of ether oxygens (including phenoxy) is 3. The van der Waals surface area contributed by atoms with Crippen molar-refractivity contribution in [1.29, 1.82) is 0 Å². The van der Waals surface area contributed by atoms with Gasteiger partial charge in [0.1, 0.15) is 30.9 Å². The molecule has 3 aliphatic heterocycles. The number of fused-ring (bicyclic) bond motifs is 2. The lowest BCUT2D eigenvalue weighted by atomic mass is 9.68. The number of carbonyl (C=O) groups excluding carboxylic acids is 5. The predicted octanol–water partition coefficient (Wildman–Crippen LogP) is 13.3. The number of anilines is 2. The maximum absolute atomic E-state index is 13.9. The number of alkyl halides is 6. The van der Waals surface area contributed by atoms with E-state index in [1.54, 1.807) is 19.0 Å². The molecule has 99 heavy (non-hydrogen) atoms. The van der Waals surface area contributed by atoms with Crippen LogP contribution in [0.4, 0.5) is 42.1 Å². The van der Waals surface area contributed by atoms with Crippen LogP contribution in [0.3, 0.4) is 0 Å². The number of likely N-dealkylation sites (tertiary alicyclic amines) is 2. The molecule has 1 aliphatic carbocycles. The zero-order valence-electron chi connectivity index (χ0n) is 57.5. The maximum Gasteiger partial charge on any atom is 0.416 e. The topological polar surface area (TPSA) is 136 Å². The van der Waals surface area contributed by atoms with Crippen molar-refractivity contribution in [3.8, 4) is 11.1 Å². The van der Waals surface area contributed by atoms with Crippen LogP contribution in [0.15, 0.2) is 146 Å². The number of amides is 4. The maximum atomic E-state index is 13.9. The zero-order chi connectivity index (χ0) is 71.1. The SMILES string of the molecule is COCC(=O)N(C)CCC(=O)N(C)c1ccc(N(C)CCCCCC(=O)N(C)CCN2CCC(OC(=O)Cc3ccccc3-c3ccccc3)CC2)cc1.C[C@H]1Cc2ccccc2C12CCN(CC[C@@]1(c3ccc(F)cc3)CN(C(=O)c3cc(C(F)(F)F)cc(C(F)(F)F)c3)CO1)CC2. The summed E-state index contributed by atoms with van der Waals surface area (Å²) in [5, 5.41) is 0. The number of hydrogen-bond acceptors (Lipinski definition) is 11. The Labute approximate surface area is 576 Å². The van der Waals surface area contributed by atoms with E-state index in [1.165, 1.54) is 47.4 Å². The summed E-state index contributed by atoms with van der Waals surface area (Å²) in [6.07, 6.45) is -1.41. The highest BCUT2D eigenvalue weighted by molar-refractivity contribution is 5.95. The molecule has 4 aliphatic rings. The Balaban J connectivity index is 0.000000235. The molecule has 0 radical (unpaired) electrons. The smallest absolute Gasteiger partial charge is 0.416 e. The summed E-state index contributed by atoms with van der Waals surface area (Å²) >= 11 is 0. The number of esters is 1.